The van der Waals surface area contributed by atoms with Gasteiger partial charge < -0.3 is 5.32 Å². The molecule has 1 aliphatic rings. The molecule has 1 fully saturated rings. The van der Waals surface area contributed by atoms with E-state index in [0.717, 1.165) is 11.6 Å². The van der Waals surface area contributed by atoms with E-state index in [0.29, 0.717) is 15.6 Å². The molecule has 2 atom stereocenters. The predicted molar refractivity (Wildman–Crippen MR) is 69.2 cm³/mol. The highest BCUT2D eigenvalue weighted by Gasteiger charge is 2.25. The van der Waals surface area contributed by atoms with Crippen molar-refractivity contribution >= 4 is 33.2 Å². The fraction of sp³-hybridized carbons (Fsp3) is 0.636. The summed E-state index contributed by atoms with van der Waals surface area (Å²) in [7, 11) is 0. The fourth-order valence-corrected chi connectivity index (χ4v) is 3.47. The van der Waals surface area contributed by atoms with Crippen LogP contribution < -0.4 is 5.32 Å². The van der Waals surface area contributed by atoms with Crippen LogP contribution in [0.2, 0.25) is 0 Å². The van der Waals surface area contributed by atoms with Gasteiger partial charge >= 0.3 is 0 Å². The summed E-state index contributed by atoms with van der Waals surface area (Å²) in [6, 6.07) is 0. The molecule has 1 heterocycles. The van der Waals surface area contributed by atoms with E-state index in [1.54, 1.807) is 6.20 Å². The minimum absolute atomic E-state index is 0.0113. The maximum absolute atomic E-state index is 11.8. The third-order valence-electron chi connectivity index (χ3n) is 2.94. The first kappa shape index (κ1) is 12.0. The van der Waals surface area contributed by atoms with Gasteiger partial charge in [-0.25, -0.2) is 4.98 Å². The molecule has 88 valence electrons. The normalized spacial score (nSPS) is 24.6. The maximum atomic E-state index is 11.8. The van der Waals surface area contributed by atoms with Crippen LogP contribution in [0.15, 0.2) is 6.20 Å². The molecular weight excluding hydrogens is 288 g/mol. The van der Waals surface area contributed by atoms with E-state index in [4.69, 9.17) is 0 Å². The Hall–Kier alpha value is -0.420. The van der Waals surface area contributed by atoms with Crippen LogP contribution in [0, 0.1) is 12.8 Å². The summed E-state index contributed by atoms with van der Waals surface area (Å²) in [5.41, 5.74) is 0. The van der Waals surface area contributed by atoms with E-state index in [1.165, 1.54) is 30.6 Å². The summed E-state index contributed by atoms with van der Waals surface area (Å²) in [6.45, 7) is 2.68. The number of nitrogens with one attached hydrogen (secondary N) is 1. The Morgan fingerprint density at radius 2 is 2.50 bits per heavy atom. The second-order valence-electron chi connectivity index (χ2n) is 4.16. The SMILES string of the molecule is Cc1ncc(C(=O)NCC2CCCC2Br)s1. The largest absolute Gasteiger partial charge is 0.351 e. The zero-order valence-electron chi connectivity index (χ0n) is 9.20. The Morgan fingerprint density at radius 3 is 3.06 bits per heavy atom. The molecule has 16 heavy (non-hydrogen) atoms. The van der Waals surface area contributed by atoms with E-state index < -0.39 is 0 Å². The Morgan fingerprint density at radius 1 is 1.69 bits per heavy atom. The average molecular weight is 303 g/mol. The Bertz CT molecular complexity index is 380. The Labute approximate surface area is 108 Å². The van der Waals surface area contributed by atoms with Gasteiger partial charge in [0.15, 0.2) is 0 Å². The lowest BCUT2D eigenvalue weighted by molar-refractivity contribution is 0.0951. The number of alkyl halides is 1. The molecule has 2 rings (SSSR count). The molecule has 0 radical (unpaired) electrons. The van der Waals surface area contributed by atoms with Gasteiger partial charge in [-0.05, 0) is 25.7 Å². The molecule has 1 aliphatic carbocycles. The Balaban J connectivity index is 1.84. The van der Waals surface area contributed by atoms with Gasteiger partial charge in [0.1, 0.15) is 4.88 Å². The summed E-state index contributed by atoms with van der Waals surface area (Å²) in [4.78, 5) is 17.1. The van der Waals surface area contributed by atoms with E-state index in [9.17, 15) is 4.79 Å². The smallest absolute Gasteiger partial charge is 0.263 e. The quantitative estimate of drug-likeness (QED) is 0.872. The number of amides is 1. The number of carbonyl (C=O) groups excluding carboxylic acids is 1. The van der Waals surface area contributed by atoms with Crippen LogP contribution in [0.4, 0.5) is 0 Å². The fourth-order valence-electron chi connectivity index (χ4n) is 2.00. The zero-order valence-corrected chi connectivity index (χ0v) is 11.6. The number of hydrogen-bond donors (Lipinski definition) is 1. The average Bonchev–Trinajstić information content (AvgIpc) is 2.84. The summed E-state index contributed by atoms with van der Waals surface area (Å²) >= 11 is 5.10. The molecule has 0 aliphatic heterocycles. The van der Waals surface area contributed by atoms with Crippen LogP contribution in [-0.4, -0.2) is 22.3 Å². The second kappa shape index (κ2) is 5.27. The van der Waals surface area contributed by atoms with E-state index in [1.807, 2.05) is 6.92 Å². The number of halogens is 1. The number of rotatable bonds is 3. The van der Waals surface area contributed by atoms with E-state index in [2.05, 4.69) is 26.2 Å². The van der Waals surface area contributed by atoms with Crippen LogP contribution in [0.3, 0.4) is 0 Å². The van der Waals surface area contributed by atoms with Crippen molar-refractivity contribution in [2.75, 3.05) is 6.54 Å². The number of nitrogens with zero attached hydrogens (tertiary/aromatic N) is 1. The van der Waals surface area contributed by atoms with Crippen LogP contribution in [0.1, 0.15) is 33.9 Å². The first-order valence-electron chi connectivity index (χ1n) is 5.51. The molecule has 0 aromatic carbocycles. The summed E-state index contributed by atoms with van der Waals surface area (Å²) in [5, 5.41) is 3.92. The molecule has 0 bridgehead atoms. The van der Waals surface area contributed by atoms with Crippen LogP contribution in [0.5, 0.6) is 0 Å². The third kappa shape index (κ3) is 2.83. The van der Waals surface area contributed by atoms with Gasteiger partial charge in [0.2, 0.25) is 0 Å². The minimum Gasteiger partial charge on any atom is -0.351 e. The molecule has 2 unspecified atom stereocenters. The molecular formula is C11H15BrN2OS. The number of hydrogen-bond acceptors (Lipinski definition) is 3. The molecule has 1 aromatic heterocycles. The summed E-state index contributed by atoms with van der Waals surface area (Å²) in [5.74, 6) is 0.593. The predicted octanol–water partition coefficient (Wildman–Crippen LogP) is 2.74. The van der Waals surface area contributed by atoms with Gasteiger partial charge in [-0.3, -0.25) is 4.79 Å². The van der Waals surface area contributed by atoms with Gasteiger partial charge in [0.25, 0.3) is 5.91 Å². The van der Waals surface area contributed by atoms with Gasteiger partial charge in [0, 0.05) is 11.4 Å². The lowest BCUT2D eigenvalue weighted by Gasteiger charge is -2.13. The van der Waals surface area contributed by atoms with Crippen molar-refractivity contribution in [3.8, 4) is 0 Å². The molecule has 0 spiro atoms. The first-order valence-corrected chi connectivity index (χ1v) is 7.24. The van der Waals surface area contributed by atoms with Crippen LogP contribution in [0.25, 0.3) is 0 Å². The van der Waals surface area contributed by atoms with Crippen molar-refractivity contribution in [2.45, 2.75) is 31.0 Å². The molecule has 3 nitrogen and oxygen atoms in total. The monoisotopic (exact) mass is 302 g/mol. The topological polar surface area (TPSA) is 42.0 Å². The van der Waals surface area contributed by atoms with Crippen LogP contribution >= 0.6 is 27.3 Å². The third-order valence-corrected chi connectivity index (χ3v) is 5.05. The van der Waals surface area contributed by atoms with Crippen molar-refractivity contribution in [3.05, 3.63) is 16.1 Å². The zero-order chi connectivity index (χ0) is 11.5. The number of thiazole rings is 1. The highest BCUT2D eigenvalue weighted by molar-refractivity contribution is 9.09. The summed E-state index contributed by atoms with van der Waals surface area (Å²) in [6.07, 6.45) is 5.34. The molecule has 5 heteroatoms. The van der Waals surface area contributed by atoms with Crippen LogP contribution in [-0.2, 0) is 0 Å². The standard InChI is InChI=1S/C11H15BrN2OS/c1-7-13-6-10(16-7)11(15)14-5-8-3-2-4-9(8)12/h6,8-9H,2-5H2,1H3,(H,14,15). The van der Waals surface area contributed by atoms with Gasteiger partial charge in [-0.1, -0.05) is 22.4 Å². The number of aromatic nitrogens is 1. The van der Waals surface area contributed by atoms with Gasteiger partial charge in [-0.2, -0.15) is 0 Å². The highest BCUT2D eigenvalue weighted by atomic mass is 79.9. The van der Waals surface area contributed by atoms with Gasteiger partial charge in [-0.15, -0.1) is 11.3 Å². The van der Waals surface area contributed by atoms with E-state index in [-0.39, 0.29) is 5.91 Å². The summed E-state index contributed by atoms with van der Waals surface area (Å²) < 4.78 is 0. The van der Waals surface area contributed by atoms with E-state index >= 15 is 0 Å². The molecule has 0 saturated heterocycles. The second-order valence-corrected chi connectivity index (χ2v) is 6.57. The van der Waals surface area contributed by atoms with Gasteiger partial charge in [0.05, 0.1) is 11.2 Å². The number of aryl methyl sites for hydroxylation is 1. The lowest BCUT2D eigenvalue weighted by Crippen LogP contribution is -2.30. The highest BCUT2D eigenvalue weighted by Crippen LogP contribution is 2.30. The molecule has 1 aromatic rings. The molecule has 1 saturated carbocycles. The minimum atomic E-state index is 0.0113. The van der Waals surface area contributed by atoms with Crippen molar-refractivity contribution in [2.24, 2.45) is 5.92 Å². The van der Waals surface area contributed by atoms with Crippen molar-refractivity contribution < 1.29 is 4.79 Å². The van der Waals surface area contributed by atoms with Crippen molar-refractivity contribution in [1.82, 2.24) is 10.3 Å². The number of carbonyl (C=O) groups is 1. The van der Waals surface area contributed by atoms with Crippen molar-refractivity contribution in [1.29, 1.82) is 0 Å². The lowest BCUT2D eigenvalue weighted by atomic mass is 10.1. The Kier molecular flexibility index (Phi) is 3.97. The molecule has 1 amide bonds. The molecule has 1 N–H and O–H groups in total. The first-order chi connectivity index (χ1) is 7.66. The van der Waals surface area contributed by atoms with Crippen molar-refractivity contribution in [3.63, 3.8) is 0 Å². The maximum Gasteiger partial charge on any atom is 0.263 e.